The van der Waals surface area contributed by atoms with Crippen molar-refractivity contribution < 1.29 is 0 Å². The Morgan fingerprint density at radius 2 is 1.97 bits per heavy atom. The molecular weight excluding hydrogens is 487 g/mol. The molecule has 2 heterocycles. The second-order valence-electron chi connectivity index (χ2n) is 8.17. The number of hydrogen-bond donors (Lipinski definition) is 2. The molecule has 2 aromatic rings. The van der Waals surface area contributed by atoms with Gasteiger partial charge in [0.2, 0.25) is 0 Å². The maximum atomic E-state index is 4.85. The SMILES string of the molecule is CCNC(=NCc1cccc(Cn2ccnc2C)c1)NC1CCN(C(C)C)CC1.I. The molecule has 1 aromatic heterocycles. The van der Waals surface area contributed by atoms with Gasteiger partial charge in [-0.1, -0.05) is 24.3 Å². The summed E-state index contributed by atoms with van der Waals surface area (Å²) in [6, 6.07) is 9.81. The van der Waals surface area contributed by atoms with Crippen LogP contribution in [-0.2, 0) is 13.1 Å². The van der Waals surface area contributed by atoms with Crippen LogP contribution < -0.4 is 10.6 Å². The fourth-order valence-electron chi connectivity index (χ4n) is 3.84. The molecule has 0 radical (unpaired) electrons. The first kappa shape index (κ1) is 24.7. The van der Waals surface area contributed by atoms with E-state index in [-0.39, 0.29) is 24.0 Å². The van der Waals surface area contributed by atoms with Crippen molar-refractivity contribution in [3.8, 4) is 0 Å². The lowest BCUT2D eigenvalue weighted by molar-refractivity contribution is 0.167. The number of imidazole rings is 1. The molecule has 1 aromatic carbocycles. The Morgan fingerprint density at radius 1 is 1.23 bits per heavy atom. The van der Waals surface area contributed by atoms with Gasteiger partial charge in [-0.25, -0.2) is 9.98 Å². The molecule has 3 rings (SSSR count). The highest BCUT2D eigenvalue weighted by molar-refractivity contribution is 14.0. The summed E-state index contributed by atoms with van der Waals surface area (Å²) >= 11 is 0. The van der Waals surface area contributed by atoms with Crippen molar-refractivity contribution in [2.75, 3.05) is 19.6 Å². The second kappa shape index (κ2) is 12.3. The van der Waals surface area contributed by atoms with Gasteiger partial charge in [0.1, 0.15) is 5.82 Å². The number of benzene rings is 1. The molecule has 1 aliphatic heterocycles. The van der Waals surface area contributed by atoms with Gasteiger partial charge in [0.15, 0.2) is 5.96 Å². The molecule has 0 unspecified atom stereocenters. The van der Waals surface area contributed by atoms with E-state index in [9.17, 15) is 0 Å². The van der Waals surface area contributed by atoms with E-state index in [0.717, 1.165) is 38.0 Å². The molecule has 7 heteroatoms. The molecule has 0 aliphatic carbocycles. The molecule has 0 spiro atoms. The fourth-order valence-corrected chi connectivity index (χ4v) is 3.84. The Kier molecular flexibility index (Phi) is 10.1. The third-order valence-electron chi connectivity index (χ3n) is 5.63. The van der Waals surface area contributed by atoms with Gasteiger partial charge in [0, 0.05) is 50.7 Å². The number of aromatic nitrogens is 2. The number of nitrogens with zero attached hydrogens (tertiary/aromatic N) is 4. The van der Waals surface area contributed by atoms with Gasteiger partial charge in [-0.2, -0.15) is 0 Å². The number of aryl methyl sites for hydroxylation is 1. The van der Waals surface area contributed by atoms with Gasteiger partial charge in [0.25, 0.3) is 0 Å². The van der Waals surface area contributed by atoms with E-state index in [2.05, 4.69) is 70.1 Å². The van der Waals surface area contributed by atoms with Crippen molar-refractivity contribution in [3.63, 3.8) is 0 Å². The lowest BCUT2D eigenvalue weighted by Gasteiger charge is -2.35. The first-order valence-electron chi connectivity index (χ1n) is 10.9. The summed E-state index contributed by atoms with van der Waals surface area (Å²) in [6.45, 7) is 13.4. The smallest absolute Gasteiger partial charge is 0.191 e. The molecule has 166 valence electrons. The van der Waals surface area contributed by atoms with Crippen molar-refractivity contribution >= 4 is 29.9 Å². The maximum absolute atomic E-state index is 4.85. The Morgan fingerprint density at radius 3 is 2.60 bits per heavy atom. The number of nitrogens with one attached hydrogen (secondary N) is 2. The number of aliphatic imine (C=N–C) groups is 1. The average molecular weight is 524 g/mol. The standard InChI is InChI=1S/C23H36N6.HI/c1-5-24-23(27-22-9-12-28(13-10-22)18(2)3)26-16-20-7-6-8-21(15-20)17-29-14-11-25-19(29)4;/h6-8,11,14-15,18,22H,5,9-10,12-13,16-17H2,1-4H3,(H2,24,26,27);1H. The molecule has 6 nitrogen and oxygen atoms in total. The van der Waals surface area contributed by atoms with E-state index in [4.69, 9.17) is 4.99 Å². The molecule has 1 aliphatic rings. The first-order chi connectivity index (χ1) is 14.0. The number of likely N-dealkylation sites (tertiary alicyclic amines) is 1. The van der Waals surface area contributed by atoms with Gasteiger partial charge in [-0.05, 0) is 51.7 Å². The summed E-state index contributed by atoms with van der Waals surface area (Å²) in [7, 11) is 0. The molecule has 30 heavy (non-hydrogen) atoms. The van der Waals surface area contributed by atoms with Gasteiger partial charge in [0.05, 0.1) is 6.54 Å². The van der Waals surface area contributed by atoms with E-state index in [0.29, 0.717) is 18.6 Å². The highest BCUT2D eigenvalue weighted by Gasteiger charge is 2.21. The lowest BCUT2D eigenvalue weighted by atomic mass is 10.0. The van der Waals surface area contributed by atoms with Gasteiger partial charge in [-0.15, -0.1) is 24.0 Å². The van der Waals surface area contributed by atoms with E-state index < -0.39 is 0 Å². The van der Waals surface area contributed by atoms with Crippen LogP contribution in [0.2, 0.25) is 0 Å². The number of rotatable bonds is 7. The average Bonchev–Trinajstić information content (AvgIpc) is 3.11. The van der Waals surface area contributed by atoms with Crippen LogP contribution in [0.25, 0.3) is 0 Å². The van der Waals surface area contributed by atoms with Crippen molar-refractivity contribution in [3.05, 3.63) is 53.6 Å². The number of guanidine groups is 1. The highest BCUT2D eigenvalue weighted by Crippen LogP contribution is 2.13. The first-order valence-corrected chi connectivity index (χ1v) is 10.9. The molecule has 1 saturated heterocycles. The van der Waals surface area contributed by atoms with Crippen LogP contribution in [0.1, 0.15) is 50.6 Å². The highest BCUT2D eigenvalue weighted by atomic mass is 127. The number of hydrogen-bond acceptors (Lipinski definition) is 3. The topological polar surface area (TPSA) is 57.5 Å². The van der Waals surface area contributed by atoms with E-state index >= 15 is 0 Å². The predicted molar refractivity (Wildman–Crippen MR) is 136 cm³/mol. The van der Waals surface area contributed by atoms with Crippen LogP contribution in [0, 0.1) is 6.92 Å². The zero-order valence-electron chi connectivity index (χ0n) is 18.8. The van der Waals surface area contributed by atoms with Crippen molar-refractivity contribution in [2.45, 2.75) is 65.7 Å². The minimum atomic E-state index is 0. The largest absolute Gasteiger partial charge is 0.357 e. The Labute approximate surface area is 198 Å². The second-order valence-corrected chi connectivity index (χ2v) is 8.17. The summed E-state index contributed by atoms with van der Waals surface area (Å²) in [5.74, 6) is 1.96. The van der Waals surface area contributed by atoms with Crippen LogP contribution in [0.5, 0.6) is 0 Å². The molecule has 0 amide bonds. The maximum Gasteiger partial charge on any atom is 0.191 e. The summed E-state index contributed by atoms with van der Waals surface area (Å²) in [5.41, 5.74) is 2.50. The van der Waals surface area contributed by atoms with Gasteiger partial charge in [-0.3, -0.25) is 0 Å². The quantitative estimate of drug-likeness (QED) is 0.329. The third kappa shape index (κ3) is 7.27. The predicted octanol–water partition coefficient (Wildman–Crippen LogP) is 3.79. The molecule has 0 saturated carbocycles. The minimum absolute atomic E-state index is 0. The molecule has 1 fully saturated rings. The Hall–Kier alpha value is -1.61. The minimum Gasteiger partial charge on any atom is -0.357 e. The Balaban J connectivity index is 0.00000320. The summed E-state index contributed by atoms with van der Waals surface area (Å²) in [5, 5.41) is 7.05. The van der Waals surface area contributed by atoms with Gasteiger partial charge < -0.3 is 20.1 Å². The molecule has 0 bridgehead atoms. The van der Waals surface area contributed by atoms with E-state index in [1.54, 1.807) is 0 Å². The lowest BCUT2D eigenvalue weighted by Crippen LogP contribution is -2.49. The van der Waals surface area contributed by atoms with Crippen molar-refractivity contribution in [2.24, 2.45) is 4.99 Å². The van der Waals surface area contributed by atoms with Gasteiger partial charge >= 0.3 is 0 Å². The van der Waals surface area contributed by atoms with Crippen LogP contribution in [0.4, 0.5) is 0 Å². The van der Waals surface area contributed by atoms with E-state index in [1.165, 1.54) is 24.0 Å². The molecular formula is C23H37IN6. The third-order valence-corrected chi connectivity index (χ3v) is 5.63. The van der Waals surface area contributed by atoms with E-state index in [1.807, 2.05) is 19.3 Å². The van der Waals surface area contributed by atoms with Crippen LogP contribution in [0.15, 0.2) is 41.7 Å². The van der Waals surface area contributed by atoms with Crippen LogP contribution >= 0.6 is 24.0 Å². The number of halogens is 1. The molecule has 0 atom stereocenters. The molecule has 2 N–H and O–H groups in total. The number of piperidine rings is 1. The summed E-state index contributed by atoms with van der Waals surface area (Å²) in [6.07, 6.45) is 6.21. The summed E-state index contributed by atoms with van der Waals surface area (Å²) < 4.78 is 2.16. The summed E-state index contributed by atoms with van der Waals surface area (Å²) in [4.78, 5) is 11.7. The van der Waals surface area contributed by atoms with Crippen LogP contribution in [-0.4, -0.2) is 52.1 Å². The Bertz CT molecular complexity index is 792. The monoisotopic (exact) mass is 524 g/mol. The fraction of sp³-hybridized carbons (Fsp3) is 0.565. The van der Waals surface area contributed by atoms with Crippen molar-refractivity contribution in [1.82, 2.24) is 25.1 Å². The normalized spacial score (nSPS) is 15.8. The zero-order valence-corrected chi connectivity index (χ0v) is 21.1. The van der Waals surface area contributed by atoms with Crippen molar-refractivity contribution in [1.29, 1.82) is 0 Å². The van der Waals surface area contributed by atoms with Crippen LogP contribution in [0.3, 0.4) is 0 Å². The zero-order chi connectivity index (χ0) is 20.6.